The average molecular weight is 1010 g/mol. The van der Waals surface area contributed by atoms with E-state index in [2.05, 4.69) is 281 Å². The molecule has 3 nitrogen and oxygen atoms in total. The summed E-state index contributed by atoms with van der Waals surface area (Å²) in [7, 11) is 0. The molecule has 0 radical (unpaired) electrons. The van der Waals surface area contributed by atoms with Crippen LogP contribution in [0.5, 0.6) is 0 Å². The lowest BCUT2D eigenvalue weighted by atomic mass is 9.33. The van der Waals surface area contributed by atoms with Crippen LogP contribution in [-0.2, 0) is 21.7 Å². The molecule has 1 aromatic heterocycles. The van der Waals surface area contributed by atoms with Crippen LogP contribution >= 0.6 is 11.3 Å². The van der Waals surface area contributed by atoms with Crippen LogP contribution in [0.3, 0.4) is 0 Å². The Morgan fingerprint density at radius 3 is 1.78 bits per heavy atom. The van der Waals surface area contributed by atoms with Gasteiger partial charge < -0.3 is 14.7 Å². The van der Waals surface area contributed by atoms with E-state index in [-0.39, 0.29) is 28.4 Å². The van der Waals surface area contributed by atoms with Gasteiger partial charge in [0.1, 0.15) is 0 Å². The van der Waals surface area contributed by atoms with E-state index in [1.54, 1.807) is 0 Å². The summed E-state index contributed by atoms with van der Waals surface area (Å²) in [5.74, 6) is 0. The monoisotopic (exact) mass is 1010 g/mol. The molecule has 0 fully saturated rings. The van der Waals surface area contributed by atoms with Crippen LogP contribution in [0.2, 0.25) is 0 Å². The number of aryl methyl sites for hydroxylation is 2. The fraction of sp³-hybridized carbons (Fsp3) is 0.239. The normalized spacial score (nSPS) is 14.4. The summed E-state index contributed by atoms with van der Waals surface area (Å²) in [6, 6.07) is 68.2. The maximum absolute atomic E-state index is 2.64. The highest BCUT2D eigenvalue weighted by molar-refractivity contribution is 7.26. The minimum Gasteiger partial charge on any atom is -0.311 e. The van der Waals surface area contributed by atoms with Crippen molar-refractivity contribution in [1.29, 1.82) is 0 Å². The quantitative estimate of drug-likeness (QED) is 0.159. The standard InChI is InChI=1S/C71H68BN3S/c1-43-38-47(70(9,10)11)39-44(2)67(43)73(48-31-28-45(29-32-48)68(3,4)5)50-34-36-56-62(42-50)75(59-23-19-27-64-65(59)53-21-15-17-26-63(53)76-64)61-25-18-24-60-66(61)72(56)57-40-46(69(6,7)8)30-37-58(57)74(60)49-33-35-52-51-20-14-16-22-54(51)71(12,13)55(52)41-49/h14-42H,1-13H3. The Labute approximate surface area is 455 Å². The van der Waals surface area contributed by atoms with Gasteiger partial charge in [-0.05, 0) is 169 Å². The fourth-order valence-electron chi connectivity index (χ4n) is 13.1. The highest BCUT2D eigenvalue weighted by Gasteiger charge is 2.45. The number of thiophene rings is 1. The van der Waals surface area contributed by atoms with Gasteiger partial charge in [0.2, 0.25) is 0 Å². The minimum absolute atomic E-state index is 0.0142. The van der Waals surface area contributed by atoms with E-state index >= 15 is 0 Å². The van der Waals surface area contributed by atoms with Gasteiger partial charge in [0, 0.05) is 65.4 Å². The van der Waals surface area contributed by atoms with Crippen LogP contribution in [-0.4, -0.2) is 6.71 Å². The van der Waals surface area contributed by atoms with Crippen molar-refractivity contribution in [2.75, 3.05) is 14.7 Å². The summed E-state index contributed by atoms with van der Waals surface area (Å²) >= 11 is 1.89. The number of hydrogen-bond acceptors (Lipinski definition) is 4. The van der Waals surface area contributed by atoms with Gasteiger partial charge >= 0.3 is 0 Å². The number of rotatable bonds is 5. The van der Waals surface area contributed by atoms with E-state index < -0.39 is 0 Å². The summed E-state index contributed by atoms with van der Waals surface area (Å²) in [6.07, 6.45) is 0. The lowest BCUT2D eigenvalue weighted by Crippen LogP contribution is -2.61. The third-order valence-corrected chi connectivity index (χ3v) is 18.3. The maximum atomic E-state index is 2.64. The van der Waals surface area contributed by atoms with E-state index in [0.717, 1.165) is 11.4 Å². The molecule has 3 aliphatic rings. The fourth-order valence-corrected chi connectivity index (χ4v) is 14.2. The van der Waals surface area contributed by atoms with Gasteiger partial charge in [0.15, 0.2) is 0 Å². The number of hydrogen-bond donors (Lipinski definition) is 0. The van der Waals surface area contributed by atoms with Gasteiger partial charge in [-0.2, -0.15) is 0 Å². The van der Waals surface area contributed by atoms with E-state index in [9.17, 15) is 0 Å². The Kier molecular flexibility index (Phi) is 10.7. The Bertz CT molecular complexity index is 4000. The Morgan fingerprint density at radius 1 is 0.447 bits per heavy atom. The molecule has 9 aromatic carbocycles. The second-order valence-electron chi connectivity index (χ2n) is 25.6. The summed E-state index contributed by atoms with van der Waals surface area (Å²) in [5, 5.41) is 2.58. The molecule has 0 unspecified atom stereocenters. The molecule has 0 atom stereocenters. The summed E-state index contributed by atoms with van der Waals surface area (Å²) in [4.78, 5) is 7.76. The Balaban J connectivity index is 1.10. The van der Waals surface area contributed by atoms with Gasteiger partial charge in [0.05, 0.1) is 11.4 Å². The molecule has 0 N–H and O–H groups in total. The highest BCUT2D eigenvalue weighted by atomic mass is 32.1. The van der Waals surface area contributed by atoms with Crippen molar-refractivity contribution in [3.8, 4) is 11.1 Å². The second kappa shape index (κ2) is 16.8. The number of nitrogens with zero attached hydrogens (tertiary/aromatic N) is 3. The predicted octanol–water partition coefficient (Wildman–Crippen LogP) is 18.4. The summed E-state index contributed by atoms with van der Waals surface area (Å²) in [6.45, 7) is 30.3. The molecule has 0 saturated carbocycles. The zero-order valence-corrected chi connectivity index (χ0v) is 47.4. The number of benzene rings is 9. The molecule has 13 rings (SSSR count). The summed E-state index contributed by atoms with van der Waals surface area (Å²) < 4.78 is 2.59. The van der Waals surface area contributed by atoms with Crippen molar-refractivity contribution in [3.05, 3.63) is 215 Å². The Hall–Kier alpha value is -7.34. The van der Waals surface area contributed by atoms with Crippen molar-refractivity contribution in [2.45, 2.75) is 112 Å². The molecule has 5 heteroatoms. The molecule has 2 aliphatic heterocycles. The zero-order chi connectivity index (χ0) is 53.0. The molecule has 3 heterocycles. The maximum Gasteiger partial charge on any atom is 0.252 e. The van der Waals surface area contributed by atoms with E-state index in [4.69, 9.17) is 0 Å². The van der Waals surface area contributed by atoms with Gasteiger partial charge in [0.25, 0.3) is 6.71 Å². The molecule has 376 valence electrons. The molecular formula is C71H68BN3S. The van der Waals surface area contributed by atoms with Crippen molar-refractivity contribution < 1.29 is 0 Å². The van der Waals surface area contributed by atoms with Crippen LogP contribution in [0, 0.1) is 13.8 Å². The lowest BCUT2D eigenvalue weighted by Gasteiger charge is -2.45. The van der Waals surface area contributed by atoms with Crippen LogP contribution in [0.4, 0.5) is 51.2 Å². The molecule has 1 aliphatic carbocycles. The topological polar surface area (TPSA) is 9.72 Å². The first kappa shape index (κ1) is 48.3. The highest BCUT2D eigenvalue weighted by Crippen LogP contribution is 2.53. The molecule has 0 bridgehead atoms. The lowest BCUT2D eigenvalue weighted by molar-refractivity contribution is 0.589. The van der Waals surface area contributed by atoms with Crippen LogP contribution in [0.15, 0.2) is 176 Å². The third-order valence-electron chi connectivity index (χ3n) is 17.1. The van der Waals surface area contributed by atoms with Crippen molar-refractivity contribution in [3.63, 3.8) is 0 Å². The number of fused-ring (bicyclic) bond motifs is 10. The molecule has 10 aromatic rings. The first-order chi connectivity index (χ1) is 36.2. The molecule has 0 spiro atoms. The predicted molar refractivity (Wildman–Crippen MR) is 331 cm³/mol. The molecule has 0 amide bonds. The van der Waals surface area contributed by atoms with E-state index in [1.165, 1.54) is 126 Å². The Morgan fingerprint density at radius 2 is 1.05 bits per heavy atom. The SMILES string of the molecule is Cc1cc(C(C)(C)C)cc(C)c1N(c1ccc(C(C)(C)C)cc1)c1ccc2c(c1)N(c1cccc3sc4ccccc4c13)c1cccc3c1B2c1cc(C(C)(C)C)ccc1N3c1ccc2c(c1)C(C)(C)c1ccccc1-2. The van der Waals surface area contributed by atoms with Crippen LogP contribution < -0.4 is 31.1 Å². The first-order valence-electron chi connectivity index (χ1n) is 27.4. The van der Waals surface area contributed by atoms with Crippen LogP contribution in [0.1, 0.15) is 115 Å². The van der Waals surface area contributed by atoms with Gasteiger partial charge in [-0.15, -0.1) is 11.3 Å². The zero-order valence-electron chi connectivity index (χ0n) is 46.6. The largest absolute Gasteiger partial charge is 0.311 e. The molecule has 76 heavy (non-hydrogen) atoms. The van der Waals surface area contributed by atoms with Gasteiger partial charge in [-0.3, -0.25) is 0 Å². The smallest absolute Gasteiger partial charge is 0.252 e. The van der Waals surface area contributed by atoms with Crippen molar-refractivity contribution in [2.24, 2.45) is 0 Å². The minimum atomic E-state index is -0.140. The third kappa shape index (κ3) is 7.36. The van der Waals surface area contributed by atoms with Gasteiger partial charge in [-0.25, -0.2) is 0 Å². The van der Waals surface area contributed by atoms with Crippen molar-refractivity contribution >= 4 is 106 Å². The van der Waals surface area contributed by atoms with Crippen molar-refractivity contribution in [1.82, 2.24) is 0 Å². The van der Waals surface area contributed by atoms with E-state index in [1.807, 2.05) is 11.3 Å². The second-order valence-corrected chi connectivity index (χ2v) is 26.7. The van der Waals surface area contributed by atoms with Gasteiger partial charge in [-0.1, -0.05) is 179 Å². The van der Waals surface area contributed by atoms with Crippen LogP contribution in [0.25, 0.3) is 31.3 Å². The molecular weight excluding hydrogens is 938 g/mol. The first-order valence-corrected chi connectivity index (χ1v) is 28.2. The average Bonchev–Trinajstić information content (AvgIpc) is 4.01. The molecule has 0 saturated heterocycles. The van der Waals surface area contributed by atoms with E-state index in [0.29, 0.717) is 0 Å². The summed E-state index contributed by atoms with van der Waals surface area (Å²) in [5.41, 5.74) is 26.5. The number of anilines is 9.